The Morgan fingerprint density at radius 2 is 2.06 bits per heavy atom. The lowest BCUT2D eigenvalue weighted by molar-refractivity contribution is 0.174. The number of hydrogen-bond acceptors (Lipinski definition) is 3. The number of hydrogen-bond donors (Lipinski definition) is 2. The van der Waals surface area contributed by atoms with E-state index in [0.29, 0.717) is 17.4 Å². The van der Waals surface area contributed by atoms with E-state index in [0.717, 1.165) is 5.56 Å². The van der Waals surface area contributed by atoms with E-state index in [4.69, 9.17) is 21.4 Å². The van der Waals surface area contributed by atoms with Crippen LogP contribution in [0.15, 0.2) is 18.2 Å². The molecular formula is C12H17ClO3. The van der Waals surface area contributed by atoms with Crippen molar-refractivity contribution >= 4 is 11.6 Å². The molecule has 1 aromatic carbocycles. The second-order valence-corrected chi connectivity index (χ2v) is 4.37. The van der Waals surface area contributed by atoms with E-state index >= 15 is 0 Å². The number of aliphatic hydroxyl groups excluding tert-OH is 2. The van der Waals surface area contributed by atoms with Crippen molar-refractivity contribution in [2.45, 2.75) is 20.0 Å². The van der Waals surface area contributed by atoms with Crippen LogP contribution in [0.1, 0.15) is 25.5 Å². The molecule has 0 fully saturated rings. The minimum atomic E-state index is -0.539. The summed E-state index contributed by atoms with van der Waals surface area (Å²) < 4.78 is 5.45. The SMILES string of the molecule is CC(CO)COc1ccc(C(C)O)cc1Cl. The van der Waals surface area contributed by atoms with Crippen molar-refractivity contribution in [3.8, 4) is 5.75 Å². The van der Waals surface area contributed by atoms with Crippen LogP contribution in [0.25, 0.3) is 0 Å². The molecule has 0 bridgehead atoms. The minimum Gasteiger partial charge on any atom is -0.492 e. The van der Waals surface area contributed by atoms with E-state index in [1.54, 1.807) is 25.1 Å². The van der Waals surface area contributed by atoms with Gasteiger partial charge in [0.15, 0.2) is 0 Å². The highest BCUT2D eigenvalue weighted by Crippen LogP contribution is 2.28. The number of aliphatic hydroxyl groups is 2. The van der Waals surface area contributed by atoms with Crippen molar-refractivity contribution in [2.75, 3.05) is 13.2 Å². The molecule has 1 rings (SSSR count). The summed E-state index contributed by atoms with van der Waals surface area (Å²) in [5.41, 5.74) is 0.757. The van der Waals surface area contributed by atoms with Crippen molar-refractivity contribution in [1.82, 2.24) is 0 Å². The lowest BCUT2D eigenvalue weighted by Crippen LogP contribution is -2.12. The summed E-state index contributed by atoms with van der Waals surface area (Å²) in [5.74, 6) is 0.652. The van der Waals surface area contributed by atoms with Crippen LogP contribution in [0, 0.1) is 5.92 Å². The Morgan fingerprint density at radius 3 is 2.56 bits per heavy atom. The lowest BCUT2D eigenvalue weighted by Gasteiger charge is -2.13. The summed E-state index contributed by atoms with van der Waals surface area (Å²) >= 11 is 6.00. The molecule has 0 aromatic heterocycles. The zero-order chi connectivity index (χ0) is 12.1. The topological polar surface area (TPSA) is 49.7 Å². The predicted octanol–water partition coefficient (Wildman–Crippen LogP) is 2.40. The second-order valence-electron chi connectivity index (χ2n) is 3.96. The molecule has 0 aliphatic carbocycles. The van der Waals surface area contributed by atoms with Gasteiger partial charge in [0.25, 0.3) is 0 Å². The van der Waals surface area contributed by atoms with E-state index in [1.165, 1.54) is 0 Å². The van der Waals surface area contributed by atoms with Gasteiger partial charge in [-0.3, -0.25) is 0 Å². The van der Waals surface area contributed by atoms with E-state index in [2.05, 4.69) is 0 Å². The van der Waals surface area contributed by atoms with Gasteiger partial charge >= 0.3 is 0 Å². The predicted molar refractivity (Wildman–Crippen MR) is 63.8 cm³/mol. The molecule has 2 N–H and O–H groups in total. The average Bonchev–Trinajstić information content (AvgIpc) is 2.26. The van der Waals surface area contributed by atoms with E-state index in [9.17, 15) is 5.11 Å². The fourth-order valence-corrected chi connectivity index (χ4v) is 1.42. The van der Waals surface area contributed by atoms with Crippen LogP contribution in [-0.4, -0.2) is 23.4 Å². The third-order valence-corrected chi connectivity index (χ3v) is 2.57. The number of halogens is 1. The molecule has 4 heteroatoms. The monoisotopic (exact) mass is 244 g/mol. The largest absolute Gasteiger partial charge is 0.492 e. The first-order valence-corrected chi connectivity index (χ1v) is 5.63. The molecule has 0 aliphatic rings. The van der Waals surface area contributed by atoms with Gasteiger partial charge in [-0.25, -0.2) is 0 Å². The maximum absolute atomic E-state index is 9.36. The van der Waals surface area contributed by atoms with Crippen molar-refractivity contribution < 1.29 is 14.9 Å². The molecule has 0 amide bonds. The molecule has 0 spiro atoms. The van der Waals surface area contributed by atoms with E-state index < -0.39 is 6.10 Å². The van der Waals surface area contributed by atoms with Gasteiger partial charge in [-0.2, -0.15) is 0 Å². The molecule has 0 radical (unpaired) electrons. The van der Waals surface area contributed by atoms with Crippen LogP contribution in [0.4, 0.5) is 0 Å². The lowest BCUT2D eigenvalue weighted by atomic mass is 10.1. The number of benzene rings is 1. The average molecular weight is 245 g/mol. The first-order valence-electron chi connectivity index (χ1n) is 5.25. The van der Waals surface area contributed by atoms with Gasteiger partial charge in [0.1, 0.15) is 5.75 Å². The minimum absolute atomic E-state index is 0.0764. The van der Waals surface area contributed by atoms with Crippen LogP contribution in [-0.2, 0) is 0 Å². The van der Waals surface area contributed by atoms with Crippen LogP contribution in [0.5, 0.6) is 5.75 Å². The maximum Gasteiger partial charge on any atom is 0.137 e. The fraction of sp³-hybridized carbons (Fsp3) is 0.500. The van der Waals surface area contributed by atoms with Gasteiger partial charge < -0.3 is 14.9 Å². The third kappa shape index (κ3) is 3.67. The zero-order valence-corrected chi connectivity index (χ0v) is 10.2. The third-order valence-electron chi connectivity index (χ3n) is 2.27. The highest BCUT2D eigenvalue weighted by atomic mass is 35.5. The molecule has 0 saturated heterocycles. The van der Waals surface area contributed by atoms with E-state index in [-0.39, 0.29) is 12.5 Å². The first-order chi connectivity index (χ1) is 7.54. The molecule has 2 atom stereocenters. The quantitative estimate of drug-likeness (QED) is 0.836. The summed E-state index contributed by atoms with van der Waals surface area (Å²) in [6.07, 6.45) is -0.539. The van der Waals surface area contributed by atoms with Gasteiger partial charge in [-0.15, -0.1) is 0 Å². The Morgan fingerprint density at radius 1 is 1.38 bits per heavy atom. The van der Waals surface area contributed by atoms with Gasteiger partial charge in [0.2, 0.25) is 0 Å². The molecule has 0 heterocycles. The normalized spacial score (nSPS) is 14.6. The fourth-order valence-electron chi connectivity index (χ4n) is 1.18. The number of rotatable bonds is 5. The van der Waals surface area contributed by atoms with Gasteiger partial charge in [0, 0.05) is 12.5 Å². The zero-order valence-electron chi connectivity index (χ0n) is 9.48. The van der Waals surface area contributed by atoms with Crippen molar-refractivity contribution in [1.29, 1.82) is 0 Å². The van der Waals surface area contributed by atoms with Gasteiger partial charge in [0.05, 0.1) is 17.7 Å². The van der Waals surface area contributed by atoms with Crippen molar-refractivity contribution in [3.63, 3.8) is 0 Å². The van der Waals surface area contributed by atoms with Crippen LogP contribution in [0.2, 0.25) is 5.02 Å². The Bertz CT molecular complexity index is 339. The first kappa shape index (κ1) is 13.3. The second kappa shape index (κ2) is 6.09. The molecule has 3 nitrogen and oxygen atoms in total. The highest BCUT2D eigenvalue weighted by molar-refractivity contribution is 6.32. The summed E-state index contributed by atoms with van der Waals surface area (Å²) in [7, 11) is 0. The summed E-state index contributed by atoms with van der Waals surface area (Å²) in [4.78, 5) is 0. The van der Waals surface area contributed by atoms with Gasteiger partial charge in [-0.05, 0) is 24.6 Å². The highest BCUT2D eigenvalue weighted by Gasteiger charge is 2.08. The Balaban J connectivity index is 2.68. The maximum atomic E-state index is 9.36. The van der Waals surface area contributed by atoms with Crippen LogP contribution in [0.3, 0.4) is 0 Å². The number of ether oxygens (including phenoxy) is 1. The van der Waals surface area contributed by atoms with Crippen LogP contribution < -0.4 is 4.74 Å². The Labute approximate surface area is 101 Å². The molecule has 1 aromatic rings. The van der Waals surface area contributed by atoms with Gasteiger partial charge in [-0.1, -0.05) is 24.6 Å². The molecular weight excluding hydrogens is 228 g/mol. The molecule has 0 aliphatic heterocycles. The standard InChI is InChI=1S/C12H17ClO3/c1-8(6-14)7-16-12-4-3-10(9(2)15)5-11(12)13/h3-5,8-9,14-15H,6-7H2,1-2H3. The Kier molecular flexibility index (Phi) is 5.06. The molecule has 2 unspecified atom stereocenters. The van der Waals surface area contributed by atoms with E-state index in [1.807, 2.05) is 6.92 Å². The van der Waals surface area contributed by atoms with Crippen LogP contribution >= 0.6 is 11.6 Å². The summed E-state index contributed by atoms with van der Waals surface area (Å²) in [6, 6.07) is 5.19. The summed E-state index contributed by atoms with van der Waals surface area (Å²) in [5, 5.41) is 18.7. The van der Waals surface area contributed by atoms with Crippen molar-refractivity contribution in [2.24, 2.45) is 5.92 Å². The Hall–Kier alpha value is -0.770. The smallest absolute Gasteiger partial charge is 0.137 e. The van der Waals surface area contributed by atoms with Crippen molar-refractivity contribution in [3.05, 3.63) is 28.8 Å². The molecule has 90 valence electrons. The molecule has 0 saturated carbocycles. The molecule has 16 heavy (non-hydrogen) atoms. The summed E-state index contributed by atoms with van der Waals surface area (Å²) in [6.45, 7) is 4.08.